The largest absolute Gasteiger partial charge is 0.354 e. The number of hydrogen-bond donors (Lipinski definition) is 1. The van der Waals surface area contributed by atoms with E-state index in [2.05, 4.69) is 5.32 Å². The average molecular weight is 588 g/mol. The first-order valence-corrected chi connectivity index (χ1v) is 14.9. The van der Waals surface area contributed by atoms with Crippen LogP contribution in [0.4, 0.5) is 10.1 Å². The van der Waals surface area contributed by atoms with Crippen molar-refractivity contribution in [1.29, 1.82) is 0 Å². The number of halogens is 2. The van der Waals surface area contributed by atoms with E-state index in [-0.39, 0.29) is 40.4 Å². The molecule has 0 saturated carbocycles. The summed E-state index contributed by atoms with van der Waals surface area (Å²) in [4.78, 5) is 28.6. The van der Waals surface area contributed by atoms with Crippen LogP contribution in [0.5, 0.6) is 0 Å². The molecule has 0 spiro atoms. The number of rotatable bonds is 12. The van der Waals surface area contributed by atoms with E-state index in [1.54, 1.807) is 37.3 Å². The van der Waals surface area contributed by atoms with Crippen LogP contribution in [-0.4, -0.2) is 44.3 Å². The Kier molecular flexibility index (Phi) is 10.7. The quantitative estimate of drug-likeness (QED) is 0.300. The summed E-state index contributed by atoms with van der Waals surface area (Å²) in [5.74, 6) is -1.20. The van der Waals surface area contributed by atoms with Gasteiger partial charge in [-0.1, -0.05) is 74.3 Å². The molecule has 0 fully saturated rings. The maximum absolute atomic E-state index is 14.0. The summed E-state index contributed by atoms with van der Waals surface area (Å²) in [5, 5.41) is 3.02. The SMILES string of the molecule is CCC(C(=O)NCC(C)C)N(Cc1ccc(F)cc1)C(=O)CN(c1ccccc1Cl)S(=O)(=O)c1ccc(C)cc1. The Hall–Kier alpha value is -3.43. The summed E-state index contributed by atoms with van der Waals surface area (Å²) >= 11 is 6.43. The van der Waals surface area contributed by atoms with E-state index >= 15 is 0 Å². The molecule has 0 heterocycles. The third kappa shape index (κ3) is 7.82. The van der Waals surface area contributed by atoms with E-state index in [1.165, 1.54) is 47.4 Å². The number of amides is 2. The van der Waals surface area contributed by atoms with E-state index in [0.29, 0.717) is 12.1 Å². The second-order valence-electron chi connectivity index (χ2n) is 9.99. The molecule has 214 valence electrons. The van der Waals surface area contributed by atoms with Crippen molar-refractivity contribution in [2.45, 2.75) is 51.6 Å². The number of hydrogen-bond acceptors (Lipinski definition) is 4. The third-order valence-electron chi connectivity index (χ3n) is 6.35. The van der Waals surface area contributed by atoms with Crippen molar-refractivity contribution in [2.24, 2.45) is 5.92 Å². The number of benzene rings is 3. The number of aryl methyl sites for hydroxylation is 1. The zero-order valence-corrected chi connectivity index (χ0v) is 24.7. The molecule has 10 heteroatoms. The predicted octanol–water partition coefficient (Wildman–Crippen LogP) is 5.56. The van der Waals surface area contributed by atoms with Crippen molar-refractivity contribution < 1.29 is 22.4 Å². The number of sulfonamides is 1. The molecule has 7 nitrogen and oxygen atoms in total. The van der Waals surface area contributed by atoms with Crippen LogP contribution in [0.1, 0.15) is 38.3 Å². The van der Waals surface area contributed by atoms with Crippen molar-refractivity contribution in [3.05, 3.63) is 94.8 Å². The number of para-hydroxylation sites is 1. The molecule has 3 aromatic carbocycles. The number of anilines is 1. The normalized spacial score (nSPS) is 12.2. The van der Waals surface area contributed by atoms with Gasteiger partial charge >= 0.3 is 0 Å². The Labute approximate surface area is 241 Å². The molecule has 0 aliphatic heterocycles. The monoisotopic (exact) mass is 587 g/mol. The lowest BCUT2D eigenvalue weighted by atomic mass is 10.1. The predicted molar refractivity (Wildman–Crippen MR) is 156 cm³/mol. The summed E-state index contributed by atoms with van der Waals surface area (Å²) in [7, 11) is -4.22. The maximum Gasteiger partial charge on any atom is 0.264 e. The molecule has 0 aromatic heterocycles. The maximum atomic E-state index is 14.0. The van der Waals surface area contributed by atoms with Gasteiger partial charge in [0.1, 0.15) is 18.4 Å². The highest BCUT2D eigenvalue weighted by Gasteiger charge is 2.34. The number of carbonyl (C=O) groups is 2. The molecule has 1 unspecified atom stereocenters. The summed E-state index contributed by atoms with van der Waals surface area (Å²) in [6.07, 6.45) is 0.285. The topological polar surface area (TPSA) is 86.8 Å². The fourth-order valence-electron chi connectivity index (χ4n) is 4.13. The molecule has 0 aliphatic carbocycles. The van der Waals surface area contributed by atoms with Crippen LogP contribution < -0.4 is 9.62 Å². The van der Waals surface area contributed by atoms with E-state index < -0.39 is 34.3 Å². The van der Waals surface area contributed by atoms with Gasteiger partial charge in [0, 0.05) is 13.1 Å². The van der Waals surface area contributed by atoms with Crippen LogP contribution in [0.25, 0.3) is 0 Å². The smallest absolute Gasteiger partial charge is 0.264 e. The van der Waals surface area contributed by atoms with Crippen molar-refractivity contribution in [2.75, 3.05) is 17.4 Å². The molecule has 3 rings (SSSR count). The minimum atomic E-state index is -4.22. The van der Waals surface area contributed by atoms with Gasteiger partial charge in [-0.15, -0.1) is 0 Å². The molecule has 0 aliphatic rings. The Morgan fingerprint density at radius 2 is 1.60 bits per heavy atom. The van der Waals surface area contributed by atoms with Crippen molar-refractivity contribution in [3.63, 3.8) is 0 Å². The van der Waals surface area contributed by atoms with Crippen LogP contribution >= 0.6 is 11.6 Å². The minimum absolute atomic E-state index is 0.00220. The molecule has 1 N–H and O–H groups in total. The lowest BCUT2D eigenvalue weighted by Crippen LogP contribution is -2.52. The Morgan fingerprint density at radius 3 is 2.17 bits per heavy atom. The lowest BCUT2D eigenvalue weighted by molar-refractivity contribution is -0.140. The van der Waals surface area contributed by atoms with Crippen molar-refractivity contribution in [3.8, 4) is 0 Å². The van der Waals surface area contributed by atoms with Gasteiger partial charge in [0.2, 0.25) is 11.8 Å². The van der Waals surface area contributed by atoms with Crippen molar-refractivity contribution in [1.82, 2.24) is 10.2 Å². The van der Waals surface area contributed by atoms with Gasteiger partial charge in [0.25, 0.3) is 10.0 Å². The Bertz CT molecular complexity index is 1410. The summed E-state index contributed by atoms with van der Waals surface area (Å²) in [6.45, 7) is 7.33. The first kappa shape index (κ1) is 31.1. The highest BCUT2D eigenvalue weighted by atomic mass is 35.5. The molecule has 1 atom stereocenters. The summed E-state index contributed by atoms with van der Waals surface area (Å²) < 4.78 is 42.3. The molecular formula is C30H35ClFN3O4S. The van der Waals surface area contributed by atoms with E-state index in [9.17, 15) is 22.4 Å². The Morgan fingerprint density at radius 1 is 0.975 bits per heavy atom. The van der Waals surface area contributed by atoms with Gasteiger partial charge < -0.3 is 10.2 Å². The molecular weight excluding hydrogens is 553 g/mol. The number of nitrogens with zero attached hydrogens (tertiary/aromatic N) is 2. The van der Waals surface area contributed by atoms with Crippen LogP contribution in [0.2, 0.25) is 5.02 Å². The zero-order valence-electron chi connectivity index (χ0n) is 23.1. The van der Waals surface area contributed by atoms with E-state index in [0.717, 1.165) is 9.87 Å². The highest BCUT2D eigenvalue weighted by molar-refractivity contribution is 7.92. The van der Waals surface area contributed by atoms with Gasteiger partial charge in [0.05, 0.1) is 15.6 Å². The molecule has 0 bridgehead atoms. The molecule has 3 aromatic rings. The number of carbonyl (C=O) groups excluding carboxylic acids is 2. The fourth-order valence-corrected chi connectivity index (χ4v) is 5.85. The standard InChI is InChI=1S/C30H35ClFN3O4S/c1-5-27(30(37)33-18-21(2)3)34(19-23-12-14-24(32)15-13-23)29(36)20-35(28-9-7-6-8-26(28)31)40(38,39)25-16-10-22(4)11-17-25/h6-17,21,27H,5,18-20H2,1-4H3,(H,33,37). The molecule has 2 amide bonds. The lowest BCUT2D eigenvalue weighted by Gasteiger charge is -2.33. The summed E-state index contributed by atoms with van der Waals surface area (Å²) in [6, 6.07) is 17.4. The van der Waals surface area contributed by atoms with E-state index in [1.807, 2.05) is 20.8 Å². The first-order valence-electron chi connectivity index (χ1n) is 13.1. The molecule has 0 saturated heterocycles. The van der Waals surface area contributed by atoms with Gasteiger partial charge in [-0.3, -0.25) is 13.9 Å². The van der Waals surface area contributed by atoms with Gasteiger partial charge in [0.15, 0.2) is 0 Å². The van der Waals surface area contributed by atoms with Crippen LogP contribution in [0.3, 0.4) is 0 Å². The Balaban J connectivity index is 2.05. The zero-order chi connectivity index (χ0) is 29.4. The van der Waals surface area contributed by atoms with Gasteiger partial charge in [-0.25, -0.2) is 12.8 Å². The van der Waals surface area contributed by atoms with Crippen molar-refractivity contribution >= 4 is 39.1 Å². The van der Waals surface area contributed by atoms with Crippen LogP contribution in [0, 0.1) is 18.7 Å². The molecule has 40 heavy (non-hydrogen) atoms. The fraction of sp³-hybridized carbons (Fsp3) is 0.333. The summed E-state index contributed by atoms with van der Waals surface area (Å²) in [5.41, 5.74) is 1.61. The van der Waals surface area contributed by atoms with Gasteiger partial charge in [-0.2, -0.15) is 0 Å². The van der Waals surface area contributed by atoms with Crippen LogP contribution in [-0.2, 0) is 26.2 Å². The van der Waals surface area contributed by atoms with Crippen LogP contribution in [0.15, 0.2) is 77.7 Å². The third-order valence-corrected chi connectivity index (χ3v) is 8.44. The molecule has 0 radical (unpaired) electrons. The second kappa shape index (κ2) is 13.8. The average Bonchev–Trinajstić information content (AvgIpc) is 2.92. The first-order chi connectivity index (χ1) is 18.9. The van der Waals surface area contributed by atoms with Gasteiger partial charge in [-0.05, 0) is 61.2 Å². The second-order valence-corrected chi connectivity index (χ2v) is 12.3. The highest BCUT2D eigenvalue weighted by Crippen LogP contribution is 2.31. The number of nitrogens with one attached hydrogen (secondary N) is 1. The minimum Gasteiger partial charge on any atom is -0.354 e. The van der Waals surface area contributed by atoms with E-state index in [4.69, 9.17) is 11.6 Å².